The molecule has 0 unspecified atom stereocenters. The van der Waals surface area contributed by atoms with Crippen LogP contribution in [0.25, 0.3) is 0 Å². The molecular formula is C22H19N3O3. The Labute approximate surface area is 162 Å². The van der Waals surface area contributed by atoms with Crippen LogP contribution in [0.5, 0.6) is 0 Å². The molecule has 2 aromatic carbocycles. The predicted molar refractivity (Wildman–Crippen MR) is 108 cm³/mol. The molecule has 0 spiro atoms. The summed E-state index contributed by atoms with van der Waals surface area (Å²) in [6.07, 6.45) is 1.42. The van der Waals surface area contributed by atoms with Crippen LogP contribution in [0.2, 0.25) is 0 Å². The van der Waals surface area contributed by atoms with E-state index in [0.717, 1.165) is 5.56 Å². The third-order valence-corrected chi connectivity index (χ3v) is 4.08. The molecule has 1 aromatic heterocycles. The monoisotopic (exact) mass is 373 g/mol. The summed E-state index contributed by atoms with van der Waals surface area (Å²) in [5, 5.41) is 5.50. The van der Waals surface area contributed by atoms with E-state index in [-0.39, 0.29) is 17.4 Å². The van der Waals surface area contributed by atoms with Gasteiger partial charge in [0.1, 0.15) is 5.69 Å². The van der Waals surface area contributed by atoms with Gasteiger partial charge in [-0.05, 0) is 67.9 Å². The molecule has 3 aromatic rings. The minimum absolute atomic E-state index is 0.0492. The standard InChI is InChI=1S/C22H19N3O3/c1-14-4-3-5-19(12-14)25-21(27)17-10-11-23-20(13-17)22(28)24-18-8-6-16(7-9-18)15(2)26/h3-13H,1-2H3,(H,24,28)(H,25,27). The minimum atomic E-state index is -0.444. The highest BCUT2D eigenvalue weighted by molar-refractivity contribution is 6.08. The Bertz CT molecular complexity index is 1040. The number of aryl methyl sites for hydroxylation is 1. The lowest BCUT2D eigenvalue weighted by Crippen LogP contribution is -2.17. The predicted octanol–water partition coefficient (Wildman–Crippen LogP) is 4.10. The van der Waals surface area contributed by atoms with E-state index in [1.807, 2.05) is 25.1 Å². The summed E-state index contributed by atoms with van der Waals surface area (Å²) in [5.74, 6) is -0.819. The number of nitrogens with one attached hydrogen (secondary N) is 2. The normalized spacial score (nSPS) is 10.2. The zero-order chi connectivity index (χ0) is 20.1. The Kier molecular flexibility index (Phi) is 5.60. The zero-order valence-electron chi connectivity index (χ0n) is 15.5. The number of hydrogen-bond acceptors (Lipinski definition) is 4. The summed E-state index contributed by atoms with van der Waals surface area (Å²) in [7, 11) is 0. The van der Waals surface area contributed by atoms with Gasteiger partial charge in [0.25, 0.3) is 11.8 Å². The zero-order valence-corrected chi connectivity index (χ0v) is 15.5. The molecule has 28 heavy (non-hydrogen) atoms. The molecule has 2 amide bonds. The number of carbonyl (C=O) groups excluding carboxylic acids is 3. The first-order valence-electron chi connectivity index (χ1n) is 8.69. The van der Waals surface area contributed by atoms with Crippen LogP contribution in [-0.4, -0.2) is 22.6 Å². The maximum absolute atomic E-state index is 12.5. The van der Waals surface area contributed by atoms with E-state index in [2.05, 4.69) is 15.6 Å². The van der Waals surface area contributed by atoms with Gasteiger partial charge in [0.2, 0.25) is 0 Å². The lowest BCUT2D eigenvalue weighted by molar-refractivity contribution is 0.101. The highest BCUT2D eigenvalue weighted by Crippen LogP contribution is 2.14. The maximum Gasteiger partial charge on any atom is 0.274 e. The van der Waals surface area contributed by atoms with Gasteiger partial charge >= 0.3 is 0 Å². The second-order valence-corrected chi connectivity index (χ2v) is 6.34. The van der Waals surface area contributed by atoms with Crippen molar-refractivity contribution in [2.24, 2.45) is 0 Å². The maximum atomic E-state index is 12.5. The van der Waals surface area contributed by atoms with Crippen molar-refractivity contribution in [2.75, 3.05) is 10.6 Å². The fourth-order valence-electron chi connectivity index (χ4n) is 2.61. The van der Waals surface area contributed by atoms with E-state index in [1.165, 1.54) is 19.2 Å². The van der Waals surface area contributed by atoms with Gasteiger partial charge in [-0.2, -0.15) is 0 Å². The van der Waals surface area contributed by atoms with Crippen molar-refractivity contribution in [1.29, 1.82) is 0 Å². The van der Waals surface area contributed by atoms with E-state index in [0.29, 0.717) is 22.5 Å². The lowest BCUT2D eigenvalue weighted by Gasteiger charge is -2.08. The Hall–Kier alpha value is -3.80. The molecule has 0 saturated carbocycles. The average Bonchev–Trinajstić information content (AvgIpc) is 2.68. The van der Waals surface area contributed by atoms with Crippen LogP contribution in [0.4, 0.5) is 11.4 Å². The highest BCUT2D eigenvalue weighted by Gasteiger charge is 2.13. The molecule has 140 valence electrons. The average molecular weight is 373 g/mol. The van der Waals surface area contributed by atoms with E-state index >= 15 is 0 Å². The van der Waals surface area contributed by atoms with E-state index in [4.69, 9.17) is 0 Å². The van der Waals surface area contributed by atoms with Crippen molar-refractivity contribution in [3.63, 3.8) is 0 Å². The van der Waals surface area contributed by atoms with E-state index < -0.39 is 5.91 Å². The molecule has 3 rings (SSSR count). The van der Waals surface area contributed by atoms with E-state index in [1.54, 1.807) is 36.4 Å². The molecule has 0 radical (unpaired) electrons. The van der Waals surface area contributed by atoms with Crippen molar-refractivity contribution in [3.05, 3.63) is 89.2 Å². The summed E-state index contributed by atoms with van der Waals surface area (Å²) in [6.45, 7) is 3.41. The van der Waals surface area contributed by atoms with Crippen LogP contribution in [0.15, 0.2) is 66.9 Å². The Morgan fingerprint density at radius 2 is 1.50 bits per heavy atom. The number of rotatable bonds is 5. The summed E-state index contributed by atoms with van der Waals surface area (Å²) < 4.78 is 0. The fraction of sp³-hybridized carbons (Fsp3) is 0.0909. The lowest BCUT2D eigenvalue weighted by atomic mass is 10.1. The van der Waals surface area contributed by atoms with Crippen LogP contribution in [0.3, 0.4) is 0 Å². The van der Waals surface area contributed by atoms with Crippen molar-refractivity contribution < 1.29 is 14.4 Å². The van der Waals surface area contributed by atoms with Gasteiger partial charge < -0.3 is 10.6 Å². The second-order valence-electron chi connectivity index (χ2n) is 6.34. The Morgan fingerprint density at radius 3 is 2.18 bits per heavy atom. The van der Waals surface area contributed by atoms with Gasteiger partial charge in [0.05, 0.1) is 0 Å². The number of amides is 2. The number of pyridine rings is 1. The molecule has 2 N–H and O–H groups in total. The Morgan fingerprint density at radius 1 is 0.786 bits per heavy atom. The van der Waals surface area contributed by atoms with Crippen molar-refractivity contribution in [1.82, 2.24) is 4.98 Å². The molecule has 0 bridgehead atoms. The summed E-state index contributed by atoms with van der Waals surface area (Å²) >= 11 is 0. The molecule has 0 aliphatic carbocycles. The summed E-state index contributed by atoms with van der Waals surface area (Å²) in [6, 6.07) is 17.0. The third kappa shape index (κ3) is 4.67. The van der Waals surface area contributed by atoms with Crippen LogP contribution < -0.4 is 10.6 Å². The number of ketones is 1. The van der Waals surface area contributed by atoms with Gasteiger partial charge in [-0.1, -0.05) is 12.1 Å². The molecule has 0 fully saturated rings. The van der Waals surface area contributed by atoms with Gasteiger partial charge in [0.15, 0.2) is 5.78 Å². The first-order valence-corrected chi connectivity index (χ1v) is 8.69. The number of Topliss-reactive ketones (excluding diaryl/α,β-unsaturated/α-hetero) is 1. The van der Waals surface area contributed by atoms with Crippen LogP contribution in [0.1, 0.15) is 43.7 Å². The molecule has 1 heterocycles. The van der Waals surface area contributed by atoms with Crippen molar-refractivity contribution in [3.8, 4) is 0 Å². The first-order chi connectivity index (χ1) is 13.4. The van der Waals surface area contributed by atoms with E-state index in [9.17, 15) is 14.4 Å². The molecule has 0 aliphatic rings. The van der Waals surface area contributed by atoms with Gasteiger partial charge in [0, 0.05) is 28.7 Å². The number of anilines is 2. The number of nitrogens with zero attached hydrogens (tertiary/aromatic N) is 1. The summed E-state index contributed by atoms with van der Waals surface area (Å²) in [4.78, 5) is 40.3. The first kappa shape index (κ1) is 19.0. The Balaban J connectivity index is 1.72. The molecule has 6 heteroatoms. The van der Waals surface area contributed by atoms with Crippen molar-refractivity contribution >= 4 is 29.0 Å². The van der Waals surface area contributed by atoms with Crippen LogP contribution >= 0.6 is 0 Å². The fourth-order valence-corrected chi connectivity index (χ4v) is 2.61. The SMILES string of the molecule is CC(=O)c1ccc(NC(=O)c2cc(C(=O)Nc3cccc(C)c3)ccn2)cc1. The molecule has 0 atom stereocenters. The molecule has 0 aliphatic heterocycles. The smallest absolute Gasteiger partial charge is 0.274 e. The largest absolute Gasteiger partial charge is 0.322 e. The second kappa shape index (κ2) is 8.26. The summed E-state index contributed by atoms with van der Waals surface area (Å²) in [5.41, 5.74) is 3.25. The molecule has 6 nitrogen and oxygen atoms in total. The minimum Gasteiger partial charge on any atom is -0.322 e. The molecular weight excluding hydrogens is 354 g/mol. The van der Waals surface area contributed by atoms with Gasteiger partial charge in [-0.25, -0.2) is 0 Å². The number of carbonyl (C=O) groups is 3. The van der Waals surface area contributed by atoms with Gasteiger partial charge in [-0.15, -0.1) is 0 Å². The van der Waals surface area contributed by atoms with Gasteiger partial charge in [-0.3, -0.25) is 19.4 Å². The highest BCUT2D eigenvalue weighted by atomic mass is 16.2. The third-order valence-electron chi connectivity index (χ3n) is 4.08. The van der Waals surface area contributed by atoms with Crippen LogP contribution in [0, 0.1) is 6.92 Å². The number of aromatic nitrogens is 1. The molecule has 0 saturated heterocycles. The van der Waals surface area contributed by atoms with Crippen LogP contribution in [-0.2, 0) is 0 Å². The number of hydrogen-bond donors (Lipinski definition) is 2. The topological polar surface area (TPSA) is 88.2 Å². The quantitative estimate of drug-likeness (QED) is 0.659. The van der Waals surface area contributed by atoms with Crippen molar-refractivity contribution in [2.45, 2.75) is 13.8 Å². The number of benzene rings is 2.